The van der Waals surface area contributed by atoms with Crippen LogP contribution in [0.5, 0.6) is 0 Å². The Kier molecular flexibility index (Phi) is 6.21. The second-order valence-electron chi connectivity index (χ2n) is 15.0. The van der Waals surface area contributed by atoms with Crippen LogP contribution < -0.4 is 0 Å². The van der Waals surface area contributed by atoms with Gasteiger partial charge in [-0.25, -0.2) is 0 Å². The standard InChI is InChI=1S/C52H36O/c1-3-4-20-42-32(2)35-15-5-10-21-43(35)51(42)44-22-11-8-18-38(44)40-28-26-33(30-48(40)51)50(53)34-27-29-41-39-19-9-14-25-47(39)52(49(41)31-34)45-23-12-6-16-36(45)37-17-7-13-24-46(37)52/h3-28,30-31,41H,1,29H2,2H3/b20-4-. The largest absolute Gasteiger partial charge is 0.289 e. The second kappa shape index (κ2) is 10.9. The molecular formula is C52H36O. The molecule has 0 saturated heterocycles. The molecule has 0 fully saturated rings. The predicted molar refractivity (Wildman–Crippen MR) is 216 cm³/mol. The molecule has 0 aliphatic heterocycles. The summed E-state index contributed by atoms with van der Waals surface area (Å²) < 4.78 is 0. The Balaban J connectivity index is 1.10. The van der Waals surface area contributed by atoms with Crippen molar-refractivity contribution in [3.05, 3.63) is 243 Å². The highest BCUT2D eigenvalue weighted by molar-refractivity contribution is 6.12. The van der Waals surface area contributed by atoms with Crippen LogP contribution in [0.3, 0.4) is 0 Å². The first-order valence-corrected chi connectivity index (χ1v) is 18.7. The number of hydrogen-bond acceptors (Lipinski definition) is 1. The van der Waals surface area contributed by atoms with Gasteiger partial charge in [-0.1, -0.05) is 164 Å². The van der Waals surface area contributed by atoms with Crippen LogP contribution >= 0.6 is 0 Å². The number of carbonyl (C=O) groups excluding carboxylic acids is 1. The maximum atomic E-state index is 15.0. The van der Waals surface area contributed by atoms with Gasteiger partial charge < -0.3 is 0 Å². The Morgan fingerprint density at radius 2 is 1.15 bits per heavy atom. The van der Waals surface area contributed by atoms with Crippen LogP contribution in [0.15, 0.2) is 193 Å². The van der Waals surface area contributed by atoms with Crippen LogP contribution in [0.1, 0.15) is 74.1 Å². The van der Waals surface area contributed by atoms with Gasteiger partial charge in [-0.05, 0) is 109 Å². The van der Waals surface area contributed by atoms with Gasteiger partial charge in [0.2, 0.25) is 0 Å². The zero-order valence-electron chi connectivity index (χ0n) is 29.6. The van der Waals surface area contributed by atoms with Gasteiger partial charge in [0.25, 0.3) is 0 Å². The predicted octanol–water partition coefficient (Wildman–Crippen LogP) is 12.1. The maximum Gasteiger partial charge on any atom is 0.192 e. The van der Waals surface area contributed by atoms with E-state index in [1.165, 1.54) is 83.5 Å². The number of ketones is 1. The van der Waals surface area contributed by atoms with Crippen LogP contribution in [0.2, 0.25) is 0 Å². The molecule has 0 radical (unpaired) electrons. The van der Waals surface area contributed by atoms with E-state index >= 15 is 4.79 Å². The van der Waals surface area contributed by atoms with Crippen molar-refractivity contribution in [3.8, 4) is 22.3 Å². The summed E-state index contributed by atoms with van der Waals surface area (Å²) in [4.78, 5) is 15.0. The molecule has 11 rings (SSSR count). The minimum Gasteiger partial charge on any atom is -0.289 e. The molecule has 1 nitrogen and oxygen atoms in total. The van der Waals surface area contributed by atoms with Gasteiger partial charge in [0, 0.05) is 17.1 Å². The van der Waals surface area contributed by atoms with E-state index in [0.29, 0.717) is 0 Å². The molecule has 1 heteroatoms. The van der Waals surface area contributed by atoms with Gasteiger partial charge in [0.15, 0.2) is 5.78 Å². The summed E-state index contributed by atoms with van der Waals surface area (Å²) in [6.45, 7) is 6.24. The molecule has 0 amide bonds. The van der Waals surface area contributed by atoms with Crippen molar-refractivity contribution in [2.24, 2.45) is 0 Å². The monoisotopic (exact) mass is 676 g/mol. The van der Waals surface area contributed by atoms with Crippen LogP contribution in [0.4, 0.5) is 0 Å². The summed E-state index contributed by atoms with van der Waals surface area (Å²) in [7, 11) is 0. The fourth-order valence-corrected chi connectivity index (χ4v) is 10.9. The van der Waals surface area contributed by atoms with Gasteiger partial charge in [-0.15, -0.1) is 0 Å². The molecule has 0 N–H and O–H groups in total. The quantitative estimate of drug-likeness (QED) is 0.134. The normalized spacial score (nSPS) is 20.4. The smallest absolute Gasteiger partial charge is 0.192 e. The lowest BCUT2D eigenvalue weighted by atomic mass is 9.68. The van der Waals surface area contributed by atoms with Gasteiger partial charge >= 0.3 is 0 Å². The average Bonchev–Trinajstić information content (AvgIpc) is 3.88. The van der Waals surface area contributed by atoms with E-state index in [1.807, 2.05) is 12.2 Å². The molecular weight excluding hydrogens is 641 g/mol. The van der Waals surface area contributed by atoms with Crippen molar-refractivity contribution in [2.45, 2.75) is 30.1 Å². The van der Waals surface area contributed by atoms with Gasteiger partial charge in [-0.3, -0.25) is 4.79 Å². The van der Waals surface area contributed by atoms with Crippen LogP contribution in [0.25, 0.3) is 27.8 Å². The lowest BCUT2D eigenvalue weighted by Crippen LogP contribution is -2.28. The third-order valence-corrected chi connectivity index (χ3v) is 12.9. The minimum absolute atomic E-state index is 0.0747. The summed E-state index contributed by atoms with van der Waals surface area (Å²) in [6, 6.07) is 50.8. The number of Topliss-reactive ketones (excluding diaryl/α,β-unsaturated/α-hetero) is 1. The molecule has 0 heterocycles. The number of rotatable bonds is 4. The third kappa shape index (κ3) is 3.64. The van der Waals surface area contributed by atoms with Gasteiger partial charge in [0.1, 0.15) is 0 Å². The topological polar surface area (TPSA) is 17.1 Å². The van der Waals surface area contributed by atoms with E-state index in [0.717, 1.165) is 17.6 Å². The molecule has 6 aromatic rings. The molecule has 53 heavy (non-hydrogen) atoms. The molecule has 0 saturated carbocycles. The van der Waals surface area contributed by atoms with E-state index in [9.17, 15) is 0 Å². The van der Waals surface area contributed by atoms with E-state index in [2.05, 4.69) is 171 Å². The molecule has 2 unspecified atom stereocenters. The molecule has 250 valence electrons. The molecule has 2 spiro atoms. The number of fused-ring (bicyclic) bond motifs is 17. The molecule has 5 aliphatic rings. The Hall–Kier alpha value is -6.31. The molecule has 5 aliphatic carbocycles. The fraction of sp³-hybridized carbons (Fsp3) is 0.0962. The van der Waals surface area contributed by atoms with E-state index in [4.69, 9.17) is 0 Å². The van der Waals surface area contributed by atoms with E-state index in [-0.39, 0.29) is 11.7 Å². The first-order chi connectivity index (χ1) is 26.1. The molecule has 0 bridgehead atoms. The van der Waals surface area contributed by atoms with Crippen molar-refractivity contribution in [3.63, 3.8) is 0 Å². The number of benzene rings is 6. The summed E-state index contributed by atoms with van der Waals surface area (Å²) in [6.07, 6.45) is 11.4. The first kappa shape index (κ1) is 30.3. The lowest BCUT2D eigenvalue weighted by molar-refractivity contribution is 0.103. The highest BCUT2D eigenvalue weighted by atomic mass is 16.1. The van der Waals surface area contributed by atoms with Crippen molar-refractivity contribution >= 4 is 11.4 Å². The highest BCUT2D eigenvalue weighted by Crippen LogP contribution is 2.66. The zero-order chi connectivity index (χ0) is 35.5. The fourth-order valence-electron chi connectivity index (χ4n) is 10.9. The van der Waals surface area contributed by atoms with Crippen molar-refractivity contribution < 1.29 is 4.79 Å². The van der Waals surface area contributed by atoms with Crippen LogP contribution in [-0.2, 0) is 10.8 Å². The van der Waals surface area contributed by atoms with Crippen molar-refractivity contribution in [1.82, 2.24) is 0 Å². The number of hydrogen-bond donors (Lipinski definition) is 0. The van der Waals surface area contributed by atoms with Crippen LogP contribution in [-0.4, -0.2) is 5.78 Å². The van der Waals surface area contributed by atoms with Gasteiger partial charge in [0.05, 0.1) is 10.8 Å². The minimum atomic E-state index is -0.526. The maximum absolute atomic E-state index is 15.0. The van der Waals surface area contributed by atoms with Gasteiger partial charge in [-0.2, -0.15) is 0 Å². The number of allylic oxidation sites excluding steroid dienone is 9. The zero-order valence-corrected chi connectivity index (χ0v) is 29.6. The summed E-state index contributed by atoms with van der Waals surface area (Å²) in [5.74, 6) is 0.285. The average molecular weight is 677 g/mol. The third-order valence-electron chi connectivity index (χ3n) is 12.9. The summed E-state index contributed by atoms with van der Waals surface area (Å²) >= 11 is 0. The number of carbonyl (C=O) groups is 1. The first-order valence-electron chi connectivity index (χ1n) is 18.7. The Morgan fingerprint density at radius 1 is 0.623 bits per heavy atom. The SMILES string of the molecule is C=C/C=C\C1=C(C)c2ccccc2C12c1ccccc1-c1ccc(C(=O)C3=CCC4C(=C3)C3(c5ccccc5-c5ccccc53)c3ccccc34)cc12. The van der Waals surface area contributed by atoms with E-state index < -0.39 is 10.8 Å². The van der Waals surface area contributed by atoms with Crippen LogP contribution in [0, 0.1) is 0 Å². The molecule has 0 aromatic heterocycles. The Labute approximate surface area is 310 Å². The Bertz CT molecular complexity index is 2720. The summed E-state index contributed by atoms with van der Waals surface area (Å²) in [5.41, 5.74) is 19.6. The second-order valence-corrected chi connectivity index (χ2v) is 15.0. The van der Waals surface area contributed by atoms with E-state index in [1.54, 1.807) is 0 Å². The van der Waals surface area contributed by atoms with Crippen molar-refractivity contribution in [2.75, 3.05) is 0 Å². The Morgan fingerprint density at radius 3 is 1.79 bits per heavy atom. The lowest BCUT2D eigenvalue weighted by Gasteiger charge is -2.33. The molecule has 2 atom stereocenters. The highest BCUT2D eigenvalue weighted by Gasteiger charge is 2.55. The molecule has 6 aromatic carbocycles. The van der Waals surface area contributed by atoms with Crippen molar-refractivity contribution in [1.29, 1.82) is 0 Å². The summed E-state index contributed by atoms with van der Waals surface area (Å²) in [5, 5.41) is 0.